The molecule has 0 unspecified atom stereocenters. The van der Waals surface area contributed by atoms with E-state index in [0.717, 1.165) is 18.0 Å². The monoisotopic (exact) mass is 439 g/mol. The summed E-state index contributed by atoms with van der Waals surface area (Å²) in [4.78, 5) is 15.3. The van der Waals surface area contributed by atoms with E-state index in [1.807, 2.05) is 25.2 Å². The summed E-state index contributed by atoms with van der Waals surface area (Å²) in [6.07, 6.45) is 0. The van der Waals surface area contributed by atoms with Crippen molar-refractivity contribution in [1.29, 1.82) is 0 Å². The summed E-state index contributed by atoms with van der Waals surface area (Å²) in [6.45, 7) is 2.40. The largest absolute Gasteiger partial charge is 0.325 e. The normalized spacial score (nSPS) is 16.1. The first-order chi connectivity index (χ1) is 13.4. The maximum Gasteiger partial charge on any atom is 0.243 e. The summed E-state index contributed by atoms with van der Waals surface area (Å²) in [5.41, 5.74) is 0.557. The molecule has 0 aromatic heterocycles. The Labute approximate surface area is 174 Å². The molecule has 1 aliphatic rings. The summed E-state index contributed by atoms with van der Waals surface area (Å²) in [5, 5.41) is 3.39. The van der Waals surface area contributed by atoms with Crippen LogP contribution in [0.1, 0.15) is 0 Å². The molecular weight excluding hydrogens is 418 g/mol. The van der Waals surface area contributed by atoms with E-state index in [0.29, 0.717) is 23.8 Å². The predicted molar refractivity (Wildman–Crippen MR) is 114 cm³/mol. The lowest BCUT2D eigenvalue weighted by atomic mass is 10.3. The van der Waals surface area contributed by atoms with Gasteiger partial charge in [-0.3, -0.25) is 4.79 Å². The van der Waals surface area contributed by atoms with Gasteiger partial charge in [-0.1, -0.05) is 23.7 Å². The van der Waals surface area contributed by atoms with Crippen molar-refractivity contribution in [2.45, 2.75) is 9.79 Å². The lowest BCUT2D eigenvalue weighted by molar-refractivity contribution is -0.113. The SMILES string of the molecule is CN1CCN(S(=O)(=O)c2ccc(NC(=O)CSc3ccccc3Cl)cc2)CC1. The molecule has 0 bridgehead atoms. The molecule has 0 atom stereocenters. The Morgan fingerprint density at radius 3 is 2.36 bits per heavy atom. The smallest absolute Gasteiger partial charge is 0.243 e. The van der Waals surface area contributed by atoms with Crippen LogP contribution in [0.25, 0.3) is 0 Å². The van der Waals surface area contributed by atoms with Gasteiger partial charge in [0.25, 0.3) is 0 Å². The molecule has 1 N–H and O–H groups in total. The second-order valence-corrected chi connectivity index (χ2v) is 9.86. The van der Waals surface area contributed by atoms with E-state index in [2.05, 4.69) is 10.2 Å². The van der Waals surface area contributed by atoms with Crippen molar-refractivity contribution in [2.75, 3.05) is 44.3 Å². The highest BCUT2D eigenvalue weighted by molar-refractivity contribution is 8.00. The van der Waals surface area contributed by atoms with Crippen LogP contribution in [0.4, 0.5) is 5.69 Å². The second-order valence-electron chi connectivity index (χ2n) is 6.50. The minimum atomic E-state index is -3.51. The molecule has 2 aromatic carbocycles. The molecule has 1 fully saturated rings. The van der Waals surface area contributed by atoms with Crippen LogP contribution >= 0.6 is 23.4 Å². The van der Waals surface area contributed by atoms with Gasteiger partial charge in [-0.2, -0.15) is 4.31 Å². The van der Waals surface area contributed by atoms with Gasteiger partial charge in [-0.25, -0.2) is 8.42 Å². The Morgan fingerprint density at radius 2 is 1.71 bits per heavy atom. The van der Waals surface area contributed by atoms with Crippen molar-refractivity contribution in [3.63, 3.8) is 0 Å². The fraction of sp³-hybridized carbons (Fsp3) is 0.316. The van der Waals surface area contributed by atoms with Gasteiger partial charge in [0.15, 0.2) is 0 Å². The first kappa shape index (κ1) is 21.1. The number of halogens is 1. The standard InChI is InChI=1S/C19H22ClN3O3S2/c1-22-10-12-23(13-11-22)28(25,26)16-8-6-15(7-9-16)21-19(24)14-27-18-5-3-2-4-17(18)20/h2-9H,10-14H2,1H3,(H,21,24). The van der Waals surface area contributed by atoms with Crippen molar-refractivity contribution in [3.8, 4) is 0 Å². The van der Waals surface area contributed by atoms with Crippen LogP contribution in [0.5, 0.6) is 0 Å². The van der Waals surface area contributed by atoms with E-state index >= 15 is 0 Å². The van der Waals surface area contributed by atoms with Gasteiger partial charge in [0.1, 0.15) is 0 Å². The van der Waals surface area contributed by atoms with Crippen LogP contribution < -0.4 is 5.32 Å². The molecule has 0 radical (unpaired) electrons. The Kier molecular flexibility index (Phi) is 7.00. The Morgan fingerprint density at radius 1 is 1.07 bits per heavy atom. The van der Waals surface area contributed by atoms with E-state index in [-0.39, 0.29) is 16.6 Å². The first-order valence-corrected chi connectivity index (χ1v) is 11.6. The number of anilines is 1. The molecular formula is C19H22ClN3O3S2. The number of benzene rings is 2. The third-order valence-electron chi connectivity index (χ3n) is 4.43. The number of rotatable bonds is 6. The van der Waals surface area contributed by atoms with Crippen LogP contribution in [0.3, 0.4) is 0 Å². The zero-order chi connectivity index (χ0) is 20.1. The number of nitrogens with zero attached hydrogens (tertiary/aromatic N) is 2. The van der Waals surface area contributed by atoms with Gasteiger partial charge in [-0.15, -0.1) is 11.8 Å². The molecule has 28 heavy (non-hydrogen) atoms. The average molecular weight is 440 g/mol. The summed E-state index contributed by atoms with van der Waals surface area (Å²) in [6, 6.07) is 13.6. The van der Waals surface area contributed by atoms with Crippen molar-refractivity contribution < 1.29 is 13.2 Å². The van der Waals surface area contributed by atoms with E-state index in [1.165, 1.54) is 28.2 Å². The Hall–Kier alpha value is -1.58. The maximum absolute atomic E-state index is 12.7. The highest BCUT2D eigenvalue weighted by atomic mass is 35.5. The number of hydrogen-bond acceptors (Lipinski definition) is 5. The zero-order valence-electron chi connectivity index (χ0n) is 15.5. The molecule has 0 spiro atoms. The quantitative estimate of drug-likeness (QED) is 0.700. The number of nitrogens with one attached hydrogen (secondary N) is 1. The molecule has 150 valence electrons. The van der Waals surface area contributed by atoms with E-state index < -0.39 is 10.0 Å². The number of carbonyl (C=O) groups excluding carboxylic acids is 1. The number of sulfonamides is 1. The molecule has 9 heteroatoms. The van der Waals surface area contributed by atoms with Gasteiger partial charge < -0.3 is 10.2 Å². The highest BCUT2D eigenvalue weighted by Crippen LogP contribution is 2.26. The van der Waals surface area contributed by atoms with Crippen LogP contribution in [-0.2, 0) is 14.8 Å². The molecule has 0 saturated carbocycles. The fourth-order valence-corrected chi connectivity index (χ4v) is 5.25. The van der Waals surface area contributed by atoms with E-state index in [9.17, 15) is 13.2 Å². The average Bonchev–Trinajstić information content (AvgIpc) is 2.68. The topological polar surface area (TPSA) is 69.7 Å². The Bertz CT molecular complexity index is 928. The summed E-state index contributed by atoms with van der Waals surface area (Å²) in [7, 11) is -1.53. The Balaban J connectivity index is 1.58. The highest BCUT2D eigenvalue weighted by Gasteiger charge is 2.27. The minimum Gasteiger partial charge on any atom is -0.325 e. The van der Waals surface area contributed by atoms with Crippen LogP contribution in [0.15, 0.2) is 58.3 Å². The molecule has 6 nitrogen and oxygen atoms in total. The molecule has 1 aliphatic heterocycles. The lowest BCUT2D eigenvalue weighted by Crippen LogP contribution is -2.46. The number of likely N-dealkylation sites (N-methyl/N-ethyl adjacent to an activating group) is 1. The molecule has 3 rings (SSSR count). The number of thioether (sulfide) groups is 1. The third kappa shape index (κ3) is 5.27. The second kappa shape index (κ2) is 9.28. The summed E-state index contributed by atoms with van der Waals surface area (Å²) < 4.78 is 26.9. The third-order valence-corrected chi connectivity index (χ3v) is 7.86. The molecule has 1 heterocycles. The van der Waals surface area contributed by atoms with Gasteiger partial charge in [0.05, 0.1) is 15.7 Å². The number of piperazine rings is 1. The van der Waals surface area contributed by atoms with Crippen molar-refractivity contribution in [1.82, 2.24) is 9.21 Å². The summed E-state index contributed by atoms with van der Waals surface area (Å²) >= 11 is 7.43. The number of carbonyl (C=O) groups is 1. The van der Waals surface area contributed by atoms with Crippen LogP contribution in [0, 0.1) is 0 Å². The number of hydrogen-bond donors (Lipinski definition) is 1. The van der Waals surface area contributed by atoms with E-state index in [4.69, 9.17) is 11.6 Å². The molecule has 1 saturated heterocycles. The van der Waals surface area contributed by atoms with Gasteiger partial charge in [0.2, 0.25) is 15.9 Å². The van der Waals surface area contributed by atoms with Crippen molar-refractivity contribution in [2.24, 2.45) is 0 Å². The predicted octanol–water partition coefficient (Wildman–Crippen LogP) is 3.01. The summed E-state index contributed by atoms with van der Waals surface area (Å²) in [5.74, 6) is 0.0324. The maximum atomic E-state index is 12.7. The lowest BCUT2D eigenvalue weighted by Gasteiger charge is -2.31. The first-order valence-electron chi connectivity index (χ1n) is 8.82. The van der Waals surface area contributed by atoms with Gasteiger partial charge in [0, 0.05) is 36.8 Å². The van der Waals surface area contributed by atoms with Crippen LogP contribution in [0.2, 0.25) is 5.02 Å². The van der Waals surface area contributed by atoms with Crippen LogP contribution in [-0.4, -0.2) is 62.5 Å². The molecule has 0 aliphatic carbocycles. The van der Waals surface area contributed by atoms with E-state index in [1.54, 1.807) is 18.2 Å². The van der Waals surface area contributed by atoms with Gasteiger partial charge >= 0.3 is 0 Å². The van der Waals surface area contributed by atoms with Crippen molar-refractivity contribution in [3.05, 3.63) is 53.6 Å². The number of amides is 1. The molecule has 2 aromatic rings. The fourth-order valence-electron chi connectivity index (χ4n) is 2.79. The van der Waals surface area contributed by atoms with Crippen molar-refractivity contribution >= 4 is 45.0 Å². The molecule has 1 amide bonds. The minimum absolute atomic E-state index is 0.181. The van der Waals surface area contributed by atoms with Gasteiger partial charge in [-0.05, 0) is 43.4 Å². The zero-order valence-corrected chi connectivity index (χ0v) is 17.9.